The van der Waals surface area contributed by atoms with Gasteiger partial charge in [-0.2, -0.15) is 0 Å². The van der Waals surface area contributed by atoms with Crippen molar-refractivity contribution in [2.24, 2.45) is 11.8 Å². The van der Waals surface area contributed by atoms with Gasteiger partial charge in [-0.25, -0.2) is 0 Å². The molecule has 1 amide bonds. The molecule has 2 aliphatic heterocycles. The molecule has 1 aromatic carbocycles. The zero-order chi connectivity index (χ0) is 17.4. The first kappa shape index (κ1) is 17.0. The lowest BCUT2D eigenvalue weighted by molar-refractivity contribution is -0.158. The topological polar surface area (TPSA) is 43.8 Å². The Morgan fingerprint density at radius 1 is 1.12 bits per heavy atom. The van der Waals surface area contributed by atoms with Crippen LogP contribution in [0.1, 0.15) is 44.1 Å². The summed E-state index contributed by atoms with van der Waals surface area (Å²) in [5, 5.41) is 11.6. The van der Waals surface area contributed by atoms with E-state index in [1.165, 1.54) is 6.42 Å². The van der Waals surface area contributed by atoms with E-state index in [0.29, 0.717) is 18.9 Å². The molecule has 3 fully saturated rings. The largest absolute Gasteiger partial charge is 0.385 e. The molecule has 2 saturated heterocycles. The van der Waals surface area contributed by atoms with E-state index in [1.54, 1.807) is 0 Å². The summed E-state index contributed by atoms with van der Waals surface area (Å²) in [6.45, 7) is 2.59. The zero-order valence-corrected chi connectivity index (χ0v) is 15.2. The van der Waals surface area contributed by atoms with Crippen LogP contribution in [0, 0.1) is 11.8 Å². The molecule has 0 bridgehead atoms. The fourth-order valence-corrected chi connectivity index (χ4v) is 5.41. The molecule has 1 aromatic rings. The fourth-order valence-electron chi connectivity index (χ4n) is 5.41. The van der Waals surface area contributed by atoms with Gasteiger partial charge in [0.1, 0.15) is 0 Å². The van der Waals surface area contributed by atoms with E-state index in [1.807, 2.05) is 18.2 Å². The number of nitrogens with zero attached hydrogens (tertiary/aromatic N) is 2. The number of carbonyl (C=O) groups excluding carboxylic acids is 1. The predicted molar refractivity (Wildman–Crippen MR) is 98.0 cm³/mol. The molecule has 4 atom stereocenters. The molecule has 0 spiro atoms. The molecule has 3 aliphatic rings. The molecule has 1 N–H and O–H groups in total. The molecule has 0 radical (unpaired) electrons. The van der Waals surface area contributed by atoms with Gasteiger partial charge < -0.3 is 14.9 Å². The third-order valence-corrected chi connectivity index (χ3v) is 6.77. The second kappa shape index (κ2) is 6.73. The number of rotatable bonds is 2. The van der Waals surface area contributed by atoms with Crippen LogP contribution in [0.25, 0.3) is 0 Å². The van der Waals surface area contributed by atoms with Crippen LogP contribution in [0.5, 0.6) is 0 Å². The van der Waals surface area contributed by atoms with E-state index < -0.39 is 5.60 Å². The number of likely N-dealkylation sites (tertiary alicyclic amines) is 2. The van der Waals surface area contributed by atoms with Crippen molar-refractivity contribution in [2.75, 3.05) is 26.7 Å². The van der Waals surface area contributed by atoms with Gasteiger partial charge in [0.2, 0.25) is 5.91 Å². The molecular weight excluding hydrogens is 312 g/mol. The number of hydrogen-bond donors (Lipinski definition) is 1. The van der Waals surface area contributed by atoms with Crippen molar-refractivity contribution in [3.05, 3.63) is 35.9 Å². The van der Waals surface area contributed by atoms with Crippen LogP contribution in [-0.4, -0.2) is 53.5 Å². The van der Waals surface area contributed by atoms with Crippen molar-refractivity contribution in [1.29, 1.82) is 0 Å². The molecule has 2 heterocycles. The normalized spacial score (nSPS) is 36.2. The number of hydrogen-bond acceptors (Lipinski definition) is 3. The highest BCUT2D eigenvalue weighted by Gasteiger charge is 2.51. The van der Waals surface area contributed by atoms with E-state index in [4.69, 9.17) is 0 Å². The van der Waals surface area contributed by atoms with E-state index in [-0.39, 0.29) is 17.9 Å². The monoisotopic (exact) mass is 342 g/mol. The number of aliphatic hydroxyl groups is 1. The minimum Gasteiger partial charge on any atom is -0.385 e. The number of amides is 1. The molecule has 4 rings (SSSR count). The first-order valence-corrected chi connectivity index (χ1v) is 9.86. The molecule has 25 heavy (non-hydrogen) atoms. The van der Waals surface area contributed by atoms with Crippen molar-refractivity contribution in [1.82, 2.24) is 9.80 Å². The minimum absolute atomic E-state index is 0.149. The Morgan fingerprint density at radius 2 is 1.88 bits per heavy atom. The third kappa shape index (κ3) is 3.00. The van der Waals surface area contributed by atoms with Crippen LogP contribution in [0.2, 0.25) is 0 Å². The number of piperidine rings is 1. The third-order valence-electron chi connectivity index (χ3n) is 6.77. The lowest BCUT2D eigenvalue weighted by Crippen LogP contribution is -2.60. The van der Waals surface area contributed by atoms with Crippen molar-refractivity contribution in [3.8, 4) is 0 Å². The Labute approximate surface area is 150 Å². The second-order valence-corrected chi connectivity index (χ2v) is 8.28. The van der Waals surface area contributed by atoms with Crippen LogP contribution in [0.4, 0.5) is 0 Å². The summed E-state index contributed by atoms with van der Waals surface area (Å²) in [6.07, 6.45) is 6.02. The first-order valence-electron chi connectivity index (χ1n) is 9.86. The summed E-state index contributed by atoms with van der Waals surface area (Å²) in [5.74, 6) is 0.646. The lowest BCUT2D eigenvalue weighted by Gasteiger charge is -2.53. The Bertz CT molecular complexity index is 620. The maximum absolute atomic E-state index is 13.2. The average Bonchev–Trinajstić information content (AvgIpc) is 3.09. The standard InChI is InChI=1S/C21H30N2O2/c1-22-13-11-16(15-22)20(24)23-14-12-21(25,17-7-3-2-4-8-17)18-9-5-6-10-19(18)23/h2-4,7-8,16,18-19,25H,5-6,9-15H2,1H3/t16?,18-,19+,21-/m0/s1. The molecule has 4 nitrogen and oxygen atoms in total. The minimum atomic E-state index is -0.782. The zero-order valence-electron chi connectivity index (χ0n) is 15.2. The van der Waals surface area contributed by atoms with Gasteiger partial charge >= 0.3 is 0 Å². The molecule has 1 unspecified atom stereocenters. The highest BCUT2D eigenvalue weighted by molar-refractivity contribution is 5.80. The second-order valence-electron chi connectivity index (χ2n) is 8.28. The van der Waals surface area contributed by atoms with Gasteiger partial charge in [-0.05, 0) is 44.8 Å². The lowest BCUT2D eigenvalue weighted by atomic mass is 9.66. The highest BCUT2D eigenvalue weighted by atomic mass is 16.3. The van der Waals surface area contributed by atoms with Crippen LogP contribution in [0.15, 0.2) is 30.3 Å². The summed E-state index contributed by atoms with van der Waals surface area (Å²) in [5.41, 5.74) is 0.245. The average molecular weight is 342 g/mol. The van der Waals surface area contributed by atoms with Crippen LogP contribution in [0.3, 0.4) is 0 Å². The number of fused-ring (bicyclic) bond motifs is 1. The maximum atomic E-state index is 13.2. The summed E-state index contributed by atoms with van der Waals surface area (Å²) in [6, 6.07) is 10.3. The van der Waals surface area contributed by atoms with Gasteiger partial charge in [-0.1, -0.05) is 43.2 Å². The van der Waals surface area contributed by atoms with E-state index in [2.05, 4.69) is 29.0 Å². The molecule has 1 aliphatic carbocycles. The van der Waals surface area contributed by atoms with Crippen molar-refractivity contribution in [2.45, 2.75) is 50.2 Å². The highest BCUT2D eigenvalue weighted by Crippen LogP contribution is 2.47. The van der Waals surface area contributed by atoms with Crippen LogP contribution < -0.4 is 0 Å². The molecule has 136 valence electrons. The quantitative estimate of drug-likeness (QED) is 0.898. The molecule has 0 aromatic heterocycles. The maximum Gasteiger partial charge on any atom is 0.227 e. The first-order chi connectivity index (χ1) is 12.1. The Balaban J connectivity index is 1.59. The Hall–Kier alpha value is -1.39. The smallest absolute Gasteiger partial charge is 0.227 e. The van der Waals surface area contributed by atoms with E-state index >= 15 is 0 Å². The van der Waals surface area contributed by atoms with Gasteiger partial charge in [-0.15, -0.1) is 0 Å². The van der Waals surface area contributed by atoms with Crippen LogP contribution >= 0.6 is 0 Å². The fraction of sp³-hybridized carbons (Fsp3) is 0.667. The van der Waals surface area contributed by atoms with Crippen molar-refractivity contribution in [3.63, 3.8) is 0 Å². The molecule has 4 heteroatoms. The summed E-state index contributed by atoms with van der Waals surface area (Å²) in [4.78, 5) is 17.6. The van der Waals surface area contributed by atoms with E-state index in [9.17, 15) is 9.90 Å². The van der Waals surface area contributed by atoms with E-state index in [0.717, 1.165) is 44.3 Å². The van der Waals surface area contributed by atoms with Gasteiger partial charge in [-0.3, -0.25) is 4.79 Å². The summed E-state index contributed by atoms with van der Waals surface area (Å²) < 4.78 is 0. The Morgan fingerprint density at radius 3 is 2.60 bits per heavy atom. The Kier molecular flexibility index (Phi) is 4.59. The summed E-state index contributed by atoms with van der Waals surface area (Å²) in [7, 11) is 2.10. The van der Waals surface area contributed by atoms with Gasteiger partial charge in [0.05, 0.1) is 11.5 Å². The van der Waals surface area contributed by atoms with Crippen LogP contribution in [-0.2, 0) is 10.4 Å². The van der Waals surface area contributed by atoms with Gasteiger partial charge in [0.15, 0.2) is 0 Å². The number of carbonyl (C=O) groups is 1. The predicted octanol–water partition coefficient (Wildman–Crippen LogP) is 2.62. The van der Waals surface area contributed by atoms with Gasteiger partial charge in [0.25, 0.3) is 0 Å². The molecule has 1 saturated carbocycles. The summed E-state index contributed by atoms with van der Waals surface area (Å²) >= 11 is 0. The van der Waals surface area contributed by atoms with Crippen molar-refractivity contribution < 1.29 is 9.90 Å². The van der Waals surface area contributed by atoms with Gasteiger partial charge in [0, 0.05) is 25.0 Å². The molecular formula is C21H30N2O2. The van der Waals surface area contributed by atoms with Crippen molar-refractivity contribution >= 4 is 5.91 Å². The number of benzene rings is 1. The SMILES string of the molecule is CN1CCC(C(=O)N2CC[C@](O)(c3ccccc3)[C@H]3CCCC[C@H]32)C1.